The van der Waals surface area contributed by atoms with Gasteiger partial charge in [0.25, 0.3) is 0 Å². The fourth-order valence-corrected chi connectivity index (χ4v) is 5.43. The van der Waals surface area contributed by atoms with Crippen LogP contribution in [0.2, 0.25) is 0 Å². The number of hydrogen-bond acceptors (Lipinski definition) is 11. The zero-order valence-corrected chi connectivity index (χ0v) is 23.2. The molecule has 2 aromatic heterocycles. The average molecular weight is 573 g/mol. The largest absolute Gasteiger partial charge is 0.463 e. The van der Waals surface area contributed by atoms with Crippen LogP contribution in [0.15, 0.2) is 55.1 Å². The van der Waals surface area contributed by atoms with Gasteiger partial charge in [0.05, 0.1) is 19.5 Å². The molecule has 0 radical (unpaired) electrons. The molecule has 0 saturated carbocycles. The van der Waals surface area contributed by atoms with Gasteiger partial charge in [0.2, 0.25) is 0 Å². The van der Waals surface area contributed by atoms with E-state index < -0.39 is 42.4 Å². The van der Waals surface area contributed by atoms with Crippen molar-refractivity contribution in [2.75, 3.05) is 6.61 Å². The third-order valence-electron chi connectivity index (χ3n) is 7.17. The molecular weight excluding hydrogens is 544 g/mol. The molecule has 4 aromatic rings. The summed E-state index contributed by atoms with van der Waals surface area (Å²) >= 11 is 0. The first-order valence-corrected chi connectivity index (χ1v) is 13.4. The lowest BCUT2D eigenvalue weighted by atomic mass is 9.92. The van der Waals surface area contributed by atoms with Gasteiger partial charge in [0.15, 0.2) is 24.1 Å². The number of carbonyl (C=O) groups is 3. The minimum Gasteiger partial charge on any atom is -0.463 e. The molecule has 216 valence electrons. The van der Waals surface area contributed by atoms with Crippen molar-refractivity contribution in [3.05, 3.63) is 66.2 Å². The lowest BCUT2D eigenvalue weighted by Gasteiger charge is -2.23. The van der Waals surface area contributed by atoms with Gasteiger partial charge < -0.3 is 23.7 Å². The van der Waals surface area contributed by atoms with Crippen molar-refractivity contribution in [3.8, 4) is 22.4 Å². The second-order valence-electron chi connectivity index (χ2n) is 10.1. The maximum Gasteiger partial charge on any atom is 0.303 e. The van der Waals surface area contributed by atoms with Crippen molar-refractivity contribution in [2.24, 2.45) is 0 Å². The summed E-state index contributed by atoms with van der Waals surface area (Å²) in [6, 6.07) is 14.2. The fourth-order valence-electron chi connectivity index (χ4n) is 5.43. The van der Waals surface area contributed by atoms with Crippen LogP contribution >= 0.6 is 0 Å². The minimum atomic E-state index is -1.07. The van der Waals surface area contributed by atoms with Gasteiger partial charge in [0.1, 0.15) is 30.2 Å². The molecular formula is C30H28N4O8. The Morgan fingerprint density at radius 2 is 1.57 bits per heavy atom. The van der Waals surface area contributed by atoms with E-state index in [4.69, 9.17) is 23.7 Å². The predicted octanol–water partition coefficient (Wildman–Crippen LogP) is 3.51. The third kappa shape index (κ3) is 5.21. The van der Waals surface area contributed by atoms with E-state index >= 15 is 0 Å². The Bertz CT molecular complexity index is 1670. The zero-order valence-electron chi connectivity index (χ0n) is 23.2. The van der Waals surface area contributed by atoms with Crippen LogP contribution in [0, 0.1) is 0 Å². The maximum absolute atomic E-state index is 12.1. The van der Waals surface area contributed by atoms with Gasteiger partial charge in [0, 0.05) is 26.3 Å². The molecule has 6 rings (SSSR count). The molecule has 0 amide bonds. The van der Waals surface area contributed by atoms with E-state index in [9.17, 15) is 14.4 Å². The number of nitrogens with zero attached hydrogens (tertiary/aromatic N) is 4. The number of rotatable bonds is 7. The van der Waals surface area contributed by atoms with E-state index in [1.807, 2.05) is 30.3 Å². The average Bonchev–Trinajstić information content (AvgIpc) is 3.68. The number of fused-ring (bicyclic) bond motifs is 2. The Hall–Kier alpha value is -4.68. The van der Waals surface area contributed by atoms with Crippen LogP contribution in [-0.2, 0) is 51.3 Å². The molecule has 1 fully saturated rings. The van der Waals surface area contributed by atoms with Crippen molar-refractivity contribution >= 4 is 29.1 Å². The van der Waals surface area contributed by atoms with E-state index in [-0.39, 0.29) is 6.61 Å². The van der Waals surface area contributed by atoms with E-state index in [1.165, 1.54) is 33.4 Å². The number of esters is 3. The molecule has 2 aliphatic rings. The van der Waals surface area contributed by atoms with Gasteiger partial charge in [-0.3, -0.25) is 19.0 Å². The van der Waals surface area contributed by atoms with Crippen molar-refractivity contribution in [2.45, 2.75) is 58.5 Å². The summed E-state index contributed by atoms with van der Waals surface area (Å²) in [6.45, 7) is 4.56. The highest BCUT2D eigenvalue weighted by molar-refractivity contribution is 5.94. The molecule has 0 bridgehead atoms. The molecule has 0 unspecified atom stereocenters. The van der Waals surface area contributed by atoms with Crippen LogP contribution in [0.3, 0.4) is 0 Å². The lowest BCUT2D eigenvalue weighted by Crippen LogP contribution is -2.40. The molecule has 4 heterocycles. The topological polar surface area (TPSA) is 141 Å². The highest BCUT2D eigenvalue weighted by Gasteiger charge is 2.51. The molecule has 0 N–H and O–H groups in total. The molecule has 0 spiro atoms. The molecule has 4 atom stereocenters. The highest BCUT2D eigenvalue weighted by atomic mass is 16.7. The fraction of sp³-hybridized carbons (Fsp3) is 0.333. The monoisotopic (exact) mass is 572 g/mol. The van der Waals surface area contributed by atoms with E-state index in [0.717, 1.165) is 27.8 Å². The summed E-state index contributed by atoms with van der Waals surface area (Å²) in [4.78, 5) is 49.4. The smallest absolute Gasteiger partial charge is 0.303 e. The maximum atomic E-state index is 12.1. The Morgan fingerprint density at radius 1 is 0.881 bits per heavy atom. The van der Waals surface area contributed by atoms with Gasteiger partial charge in [-0.15, -0.1) is 0 Å². The van der Waals surface area contributed by atoms with Crippen molar-refractivity contribution in [3.63, 3.8) is 0 Å². The van der Waals surface area contributed by atoms with Gasteiger partial charge in [-0.1, -0.05) is 30.3 Å². The van der Waals surface area contributed by atoms with Gasteiger partial charge >= 0.3 is 17.9 Å². The molecule has 42 heavy (non-hydrogen) atoms. The van der Waals surface area contributed by atoms with Crippen molar-refractivity contribution in [1.82, 2.24) is 19.5 Å². The third-order valence-corrected chi connectivity index (χ3v) is 7.17. The summed E-state index contributed by atoms with van der Waals surface area (Å²) in [5.41, 5.74) is 6.54. The number of aromatic nitrogens is 4. The summed E-state index contributed by atoms with van der Waals surface area (Å²) < 4.78 is 29.8. The predicted molar refractivity (Wildman–Crippen MR) is 146 cm³/mol. The molecule has 2 aliphatic heterocycles. The van der Waals surface area contributed by atoms with Crippen LogP contribution in [0.1, 0.15) is 38.1 Å². The van der Waals surface area contributed by atoms with Gasteiger partial charge in [-0.05, 0) is 34.4 Å². The summed E-state index contributed by atoms with van der Waals surface area (Å²) in [7, 11) is 0. The van der Waals surface area contributed by atoms with Crippen molar-refractivity contribution < 1.29 is 38.1 Å². The minimum absolute atomic E-state index is 0.216. The molecule has 12 heteroatoms. The molecule has 0 aliphatic carbocycles. The van der Waals surface area contributed by atoms with Gasteiger partial charge in [-0.2, -0.15) is 0 Å². The number of carbonyl (C=O) groups excluding carboxylic acids is 3. The van der Waals surface area contributed by atoms with E-state index in [2.05, 4.69) is 27.1 Å². The first-order chi connectivity index (χ1) is 20.3. The molecule has 12 nitrogen and oxygen atoms in total. The quantitative estimate of drug-likeness (QED) is 0.237. The first-order valence-electron chi connectivity index (χ1n) is 13.4. The second kappa shape index (κ2) is 11.3. The van der Waals surface area contributed by atoms with Crippen LogP contribution in [0.25, 0.3) is 33.5 Å². The highest BCUT2D eigenvalue weighted by Crippen LogP contribution is 2.40. The molecule has 1 saturated heterocycles. The van der Waals surface area contributed by atoms with E-state index in [1.54, 1.807) is 4.57 Å². The Labute approximate surface area is 240 Å². The first kappa shape index (κ1) is 27.5. The van der Waals surface area contributed by atoms with Crippen LogP contribution < -0.4 is 0 Å². The number of hydrogen-bond donors (Lipinski definition) is 0. The van der Waals surface area contributed by atoms with Crippen LogP contribution in [0.5, 0.6) is 0 Å². The Kier molecular flexibility index (Phi) is 7.40. The Balaban J connectivity index is 1.46. The molecule has 2 aromatic carbocycles. The summed E-state index contributed by atoms with van der Waals surface area (Å²) in [5.74, 6) is -1.75. The number of ether oxygens (including phenoxy) is 5. The van der Waals surface area contributed by atoms with Gasteiger partial charge in [-0.25, -0.2) is 15.0 Å². The second-order valence-corrected chi connectivity index (χ2v) is 10.1. The standard InChI is InChI=1S/C30H28N4O8/c1-16(35)39-13-24-27(40-17(2)36)28(41-18(3)37)30(42-24)34-15-33-26-25(31-14-32-29(26)34)23-10-21-12-38-11-20(21)9-22(23)19-7-5-4-6-8-19/h4-10,14-15,24,27-28,30H,11-13H2,1-3H3/t24-,27-,28-,30-/m1/s1. The lowest BCUT2D eigenvalue weighted by molar-refractivity contribution is -0.166. The SMILES string of the molecule is CC(=O)OC[C@H]1O[C@@H](n2cnc3c(-c4cc5c(cc4-c4ccccc4)COC5)ncnc32)[C@H](OC(C)=O)[C@@H]1OC(C)=O. The Morgan fingerprint density at radius 3 is 2.26 bits per heavy atom. The summed E-state index contributed by atoms with van der Waals surface area (Å²) in [6.07, 6.45) is -1.07. The normalized spacial score (nSPS) is 21.2. The van der Waals surface area contributed by atoms with Crippen molar-refractivity contribution in [1.29, 1.82) is 0 Å². The number of imidazole rings is 1. The summed E-state index contributed by atoms with van der Waals surface area (Å²) in [5, 5.41) is 0. The zero-order chi connectivity index (χ0) is 29.4. The van der Waals surface area contributed by atoms with E-state index in [0.29, 0.717) is 30.1 Å². The van der Waals surface area contributed by atoms with Crippen LogP contribution in [0.4, 0.5) is 0 Å². The van der Waals surface area contributed by atoms with Crippen LogP contribution in [-0.4, -0.2) is 62.3 Å². The number of benzene rings is 2.